The monoisotopic (exact) mass is 589 g/mol. The highest BCUT2D eigenvalue weighted by atomic mass is 35.5. The number of nitrogens with zero attached hydrogens (tertiary/aromatic N) is 5. The predicted octanol–water partition coefficient (Wildman–Crippen LogP) is 4.81. The third-order valence-electron chi connectivity index (χ3n) is 5.91. The van der Waals surface area contributed by atoms with Gasteiger partial charge in [-0.15, -0.1) is 9.64 Å². The van der Waals surface area contributed by atoms with E-state index in [1.807, 2.05) is 19.0 Å². The van der Waals surface area contributed by atoms with Crippen LogP contribution < -0.4 is 21.0 Å². The summed E-state index contributed by atoms with van der Waals surface area (Å²) in [5.74, 6) is -0.728. The minimum Gasteiger partial charge on any atom is -0.412 e. The zero-order chi connectivity index (χ0) is 29.9. The number of hydrogen-bond acceptors (Lipinski definition) is 9. The Morgan fingerprint density at radius 3 is 2.56 bits per heavy atom. The Kier molecular flexibility index (Phi) is 8.54. The quantitative estimate of drug-likeness (QED) is 0.266. The lowest BCUT2D eigenvalue weighted by Gasteiger charge is -2.14. The third-order valence-corrected chi connectivity index (χ3v) is 6.24. The first-order valence-corrected chi connectivity index (χ1v) is 12.3. The fourth-order valence-corrected chi connectivity index (χ4v) is 4.11. The molecule has 0 aliphatic carbocycles. The molecule has 0 radical (unpaired) electrons. The number of pyridine rings is 1. The van der Waals surface area contributed by atoms with Gasteiger partial charge >= 0.3 is 6.18 Å². The number of benzene rings is 2. The van der Waals surface area contributed by atoms with Crippen molar-refractivity contribution < 1.29 is 22.8 Å². The highest BCUT2D eigenvalue weighted by molar-refractivity contribution is 6.33. The summed E-state index contributed by atoms with van der Waals surface area (Å²) >= 11 is 6.40. The summed E-state index contributed by atoms with van der Waals surface area (Å²) in [5.41, 5.74) is -2.25. The molecule has 2 heterocycles. The first-order chi connectivity index (χ1) is 19.4. The van der Waals surface area contributed by atoms with Crippen molar-refractivity contribution in [1.29, 1.82) is 0 Å². The number of likely N-dealkylation sites (N-methyl/N-ethyl adjacent to an activating group) is 1. The molecule has 1 amide bonds. The number of aromatic nitrogens is 3. The SMILES string of the molecule is COn1c(=O)c(-c2cc(NC(=O)c3cc(C(F)(F)F)ccc3N=O)ccc2Cl)cc2cnc(NCCN(C)C)nc21. The molecule has 15 heteroatoms. The maximum atomic E-state index is 13.4. The average Bonchev–Trinajstić information content (AvgIpc) is 2.93. The van der Waals surface area contributed by atoms with E-state index in [4.69, 9.17) is 16.4 Å². The summed E-state index contributed by atoms with van der Waals surface area (Å²) in [4.78, 5) is 53.4. The second-order valence-corrected chi connectivity index (χ2v) is 9.42. The lowest BCUT2D eigenvalue weighted by atomic mass is 10.0. The molecule has 4 rings (SSSR count). The molecule has 2 aromatic carbocycles. The Bertz CT molecular complexity index is 1690. The molecule has 11 nitrogen and oxygen atoms in total. The Morgan fingerprint density at radius 1 is 1.15 bits per heavy atom. The lowest BCUT2D eigenvalue weighted by molar-refractivity contribution is -0.137. The molecule has 0 saturated carbocycles. The molecule has 0 bridgehead atoms. The summed E-state index contributed by atoms with van der Waals surface area (Å²) in [5, 5.41) is 8.73. The van der Waals surface area contributed by atoms with Crippen LogP contribution >= 0.6 is 11.6 Å². The molecule has 0 fully saturated rings. The Balaban J connectivity index is 1.71. The fraction of sp³-hybridized carbons (Fsp3) is 0.231. The van der Waals surface area contributed by atoms with Crippen molar-refractivity contribution in [2.24, 2.45) is 5.18 Å². The minimum atomic E-state index is -4.74. The molecular weight excluding hydrogens is 567 g/mol. The Morgan fingerprint density at radius 2 is 1.90 bits per heavy atom. The fourth-order valence-electron chi connectivity index (χ4n) is 3.89. The molecule has 4 aromatic rings. The summed E-state index contributed by atoms with van der Waals surface area (Å²) in [6.07, 6.45) is -3.24. The van der Waals surface area contributed by atoms with Gasteiger partial charge in [0.05, 0.1) is 16.7 Å². The summed E-state index contributed by atoms with van der Waals surface area (Å²) in [6.45, 7) is 1.29. The molecular formula is C26H23ClF3N7O4. The van der Waals surface area contributed by atoms with E-state index < -0.39 is 34.5 Å². The molecule has 0 aliphatic rings. The van der Waals surface area contributed by atoms with Crippen LogP contribution in [0.15, 0.2) is 58.6 Å². The van der Waals surface area contributed by atoms with E-state index in [0.717, 1.165) is 17.3 Å². The normalized spacial score (nSPS) is 11.5. The van der Waals surface area contributed by atoms with E-state index in [0.29, 0.717) is 30.0 Å². The molecule has 0 aliphatic heterocycles. The largest absolute Gasteiger partial charge is 0.416 e. The Labute approximate surface area is 235 Å². The number of hydrogen-bond donors (Lipinski definition) is 2. The van der Waals surface area contributed by atoms with Crippen LogP contribution in [-0.2, 0) is 6.18 Å². The zero-order valence-electron chi connectivity index (χ0n) is 21.9. The van der Waals surface area contributed by atoms with Gasteiger partial charge in [0, 0.05) is 40.9 Å². The van der Waals surface area contributed by atoms with Crippen LogP contribution in [0.2, 0.25) is 5.02 Å². The Hall–Kier alpha value is -4.56. The number of anilines is 2. The number of carbonyl (C=O) groups excluding carboxylic acids is 1. The maximum absolute atomic E-state index is 13.4. The average molecular weight is 590 g/mol. The van der Waals surface area contributed by atoms with Crippen molar-refractivity contribution in [3.8, 4) is 11.1 Å². The van der Waals surface area contributed by atoms with Crippen molar-refractivity contribution >= 4 is 45.9 Å². The number of carbonyl (C=O) groups is 1. The topological polar surface area (TPSA) is 131 Å². The smallest absolute Gasteiger partial charge is 0.412 e. The van der Waals surface area contributed by atoms with Gasteiger partial charge in [-0.2, -0.15) is 18.2 Å². The molecule has 0 spiro atoms. The van der Waals surface area contributed by atoms with E-state index in [2.05, 4.69) is 25.8 Å². The summed E-state index contributed by atoms with van der Waals surface area (Å²) < 4.78 is 40.5. The van der Waals surface area contributed by atoms with Gasteiger partial charge in [-0.25, -0.2) is 4.98 Å². The van der Waals surface area contributed by atoms with Crippen molar-refractivity contribution in [3.63, 3.8) is 0 Å². The highest BCUT2D eigenvalue weighted by Gasteiger charge is 2.32. The van der Waals surface area contributed by atoms with Gasteiger partial charge in [-0.05, 0) is 61.7 Å². The second kappa shape index (κ2) is 11.9. The van der Waals surface area contributed by atoms with E-state index in [1.165, 1.54) is 37.6 Å². The maximum Gasteiger partial charge on any atom is 0.416 e. The number of amides is 1. The number of halogens is 4. The van der Waals surface area contributed by atoms with E-state index in [-0.39, 0.29) is 27.5 Å². The van der Waals surface area contributed by atoms with Gasteiger partial charge in [-0.1, -0.05) is 11.6 Å². The minimum absolute atomic E-state index is 0.0756. The molecule has 0 saturated heterocycles. The van der Waals surface area contributed by atoms with Gasteiger partial charge in [0.2, 0.25) is 5.95 Å². The molecule has 214 valence electrons. The first kappa shape index (κ1) is 29.4. The van der Waals surface area contributed by atoms with Crippen LogP contribution in [-0.4, -0.2) is 59.8 Å². The highest BCUT2D eigenvalue weighted by Crippen LogP contribution is 2.34. The standard InChI is InChI=1S/C26H23ClF3N7O4/c1-36(2)9-8-31-25-32-13-14-10-18(24(39)37(41-3)22(14)34-25)17-12-16(5-6-20(17)27)33-23(38)19-11-15(26(28,29)30)4-7-21(19)35-40/h4-7,10-13H,8-9H2,1-3H3,(H,33,38)(H,31,32,34). The van der Waals surface area contributed by atoms with E-state index in [1.54, 1.807) is 0 Å². The van der Waals surface area contributed by atoms with Crippen molar-refractivity contribution in [2.75, 3.05) is 44.9 Å². The molecule has 0 unspecified atom stereocenters. The van der Waals surface area contributed by atoms with Crippen LogP contribution in [0.1, 0.15) is 15.9 Å². The number of rotatable bonds is 9. The molecule has 0 atom stereocenters. The van der Waals surface area contributed by atoms with E-state index >= 15 is 0 Å². The second-order valence-electron chi connectivity index (χ2n) is 9.01. The zero-order valence-corrected chi connectivity index (χ0v) is 22.7. The van der Waals surface area contributed by atoms with Crippen LogP contribution in [0, 0.1) is 4.91 Å². The lowest BCUT2D eigenvalue weighted by Crippen LogP contribution is -2.28. The van der Waals surface area contributed by atoms with Crippen molar-refractivity contribution in [2.45, 2.75) is 6.18 Å². The van der Waals surface area contributed by atoms with Crippen molar-refractivity contribution in [3.05, 3.63) is 80.1 Å². The summed E-state index contributed by atoms with van der Waals surface area (Å²) in [7, 11) is 5.13. The molecule has 2 aromatic heterocycles. The third kappa shape index (κ3) is 6.44. The number of nitrogens with one attached hydrogen (secondary N) is 2. The van der Waals surface area contributed by atoms with Crippen molar-refractivity contribution in [1.82, 2.24) is 19.6 Å². The van der Waals surface area contributed by atoms with Crippen LogP contribution in [0.3, 0.4) is 0 Å². The van der Waals surface area contributed by atoms with Gasteiger partial charge < -0.3 is 20.4 Å². The number of nitroso groups, excluding NO2 is 1. The first-order valence-electron chi connectivity index (χ1n) is 11.9. The van der Waals surface area contributed by atoms with Crippen LogP contribution in [0.25, 0.3) is 22.2 Å². The van der Waals surface area contributed by atoms with Gasteiger partial charge in [0.1, 0.15) is 12.8 Å². The molecule has 2 N–H and O–H groups in total. The summed E-state index contributed by atoms with van der Waals surface area (Å²) in [6, 6.07) is 7.65. The van der Waals surface area contributed by atoms with Gasteiger partial charge in [0.25, 0.3) is 11.5 Å². The van der Waals surface area contributed by atoms with Crippen LogP contribution in [0.4, 0.5) is 30.5 Å². The van der Waals surface area contributed by atoms with E-state index in [9.17, 15) is 27.7 Å². The van der Waals surface area contributed by atoms with Gasteiger partial charge in [0.15, 0.2) is 5.65 Å². The molecule has 41 heavy (non-hydrogen) atoms. The predicted molar refractivity (Wildman–Crippen MR) is 149 cm³/mol. The van der Waals surface area contributed by atoms with Crippen LogP contribution in [0.5, 0.6) is 0 Å². The number of alkyl halides is 3. The number of fused-ring (bicyclic) bond motifs is 1. The van der Waals surface area contributed by atoms with Gasteiger partial charge in [-0.3, -0.25) is 9.59 Å².